The zero-order chi connectivity index (χ0) is 29.3. The molecule has 2 aromatic carbocycles. The number of phenolic OH excluding ortho intramolecular Hbond substituents is 1. The number of rotatable bonds is 7. The zero-order valence-electron chi connectivity index (χ0n) is 22.8. The van der Waals surface area contributed by atoms with Gasteiger partial charge in [-0.05, 0) is 79.4 Å². The molecule has 4 atom stereocenters. The lowest BCUT2D eigenvalue weighted by atomic mass is 9.58. The standard InChI is InChI=1S/C30H31BFNO8/c1-17(12-18-9-10-24(34)23(32)13-18)8-11-25-26-19(16-40-20-6-4-3-5-7-20)14-21-27(22(26)15-31(38)41-25)29(36)33(28(21)35)30(37)39-2/h3-7,9-10,12-13,21-22,25,27,34,38H,8,11,14-16H2,1-2H3/b17-12+/t21-,22+,25-,27-/m1/s1. The number of para-hydroxylation sites is 1. The average molecular weight is 563 g/mol. The number of ether oxygens (including phenoxy) is 2. The number of benzene rings is 2. The first-order chi connectivity index (χ1) is 19.7. The molecule has 2 N–H and O–H groups in total. The lowest BCUT2D eigenvalue weighted by molar-refractivity contribution is -0.137. The van der Waals surface area contributed by atoms with Gasteiger partial charge in [-0.15, -0.1) is 0 Å². The van der Waals surface area contributed by atoms with Crippen molar-refractivity contribution in [3.05, 3.63) is 76.6 Å². The second-order valence-corrected chi connectivity index (χ2v) is 10.6. The van der Waals surface area contributed by atoms with Gasteiger partial charge >= 0.3 is 13.2 Å². The van der Waals surface area contributed by atoms with Crippen molar-refractivity contribution in [2.75, 3.05) is 13.7 Å². The van der Waals surface area contributed by atoms with Crippen LogP contribution in [0.4, 0.5) is 9.18 Å². The molecule has 11 heteroatoms. The van der Waals surface area contributed by atoms with E-state index in [1.54, 1.807) is 12.1 Å². The van der Waals surface area contributed by atoms with E-state index in [-0.39, 0.29) is 19.3 Å². The summed E-state index contributed by atoms with van der Waals surface area (Å²) >= 11 is 0. The molecule has 214 valence electrons. The first-order valence-electron chi connectivity index (χ1n) is 13.5. The lowest BCUT2D eigenvalue weighted by Crippen LogP contribution is -2.46. The summed E-state index contributed by atoms with van der Waals surface area (Å²) in [4.78, 5) is 39.5. The van der Waals surface area contributed by atoms with Gasteiger partial charge in [0.05, 0.1) is 25.0 Å². The molecule has 9 nitrogen and oxygen atoms in total. The fourth-order valence-electron chi connectivity index (χ4n) is 6.18. The number of nitrogens with zero attached hydrogens (tertiary/aromatic N) is 1. The van der Waals surface area contributed by atoms with Crippen LogP contribution in [0.2, 0.25) is 6.32 Å². The summed E-state index contributed by atoms with van der Waals surface area (Å²) in [6.07, 6.45) is 1.48. The minimum atomic E-state index is -1.17. The van der Waals surface area contributed by atoms with Crippen LogP contribution in [0.1, 0.15) is 31.7 Å². The summed E-state index contributed by atoms with van der Waals surface area (Å²) in [6, 6.07) is 13.3. The molecule has 3 aliphatic rings. The Labute approximate surface area is 237 Å². The second-order valence-electron chi connectivity index (χ2n) is 10.6. The number of phenols is 1. The summed E-state index contributed by atoms with van der Waals surface area (Å²) in [7, 11) is -0.0565. The summed E-state index contributed by atoms with van der Waals surface area (Å²) in [6.45, 7) is 2.04. The van der Waals surface area contributed by atoms with Crippen LogP contribution in [0, 0.1) is 23.6 Å². The van der Waals surface area contributed by atoms with Crippen molar-refractivity contribution >= 4 is 31.1 Å². The number of hydrogen-bond donors (Lipinski definition) is 2. The van der Waals surface area contributed by atoms with Crippen molar-refractivity contribution < 1.29 is 43.0 Å². The molecule has 2 saturated heterocycles. The van der Waals surface area contributed by atoms with E-state index < -0.39 is 60.5 Å². The maximum atomic E-state index is 13.8. The Morgan fingerprint density at radius 3 is 2.63 bits per heavy atom. The summed E-state index contributed by atoms with van der Waals surface area (Å²) < 4.78 is 30.6. The number of hydrogen-bond acceptors (Lipinski definition) is 8. The third-order valence-corrected chi connectivity index (χ3v) is 8.01. The Hall–Kier alpha value is -3.96. The molecule has 1 aliphatic carbocycles. The number of fused-ring (bicyclic) bond motifs is 3. The van der Waals surface area contributed by atoms with E-state index in [0.717, 1.165) is 23.8 Å². The molecule has 41 heavy (non-hydrogen) atoms. The molecule has 0 radical (unpaired) electrons. The van der Waals surface area contributed by atoms with Crippen LogP contribution in [-0.4, -0.2) is 59.9 Å². The van der Waals surface area contributed by atoms with E-state index in [0.29, 0.717) is 29.1 Å². The largest absolute Gasteiger partial charge is 0.505 e. The van der Waals surface area contributed by atoms with E-state index >= 15 is 0 Å². The normalized spacial score (nSPS) is 24.3. The highest BCUT2D eigenvalue weighted by Crippen LogP contribution is 2.50. The van der Waals surface area contributed by atoms with Crippen molar-refractivity contribution in [1.82, 2.24) is 4.90 Å². The van der Waals surface area contributed by atoms with Crippen LogP contribution in [0.15, 0.2) is 65.3 Å². The van der Waals surface area contributed by atoms with E-state index in [4.69, 9.17) is 14.1 Å². The quantitative estimate of drug-likeness (QED) is 0.290. The molecule has 0 unspecified atom stereocenters. The van der Waals surface area contributed by atoms with Crippen LogP contribution in [0.5, 0.6) is 11.5 Å². The molecule has 0 spiro atoms. The summed E-state index contributed by atoms with van der Waals surface area (Å²) in [5, 5.41) is 20.2. The fourth-order valence-corrected chi connectivity index (χ4v) is 6.18. The minimum absolute atomic E-state index is 0.0947. The number of carbonyl (C=O) groups is 3. The van der Waals surface area contributed by atoms with Crippen molar-refractivity contribution in [1.29, 1.82) is 0 Å². The smallest absolute Gasteiger partial charge is 0.455 e. The van der Waals surface area contributed by atoms with Crippen molar-refractivity contribution in [2.45, 2.75) is 38.6 Å². The highest BCUT2D eigenvalue weighted by atomic mass is 19.1. The van der Waals surface area contributed by atoms with E-state index in [1.807, 2.05) is 37.3 Å². The van der Waals surface area contributed by atoms with Gasteiger partial charge < -0.3 is 24.3 Å². The molecule has 5 rings (SSSR count). The molecule has 0 saturated carbocycles. The lowest BCUT2D eigenvalue weighted by Gasteiger charge is -2.43. The van der Waals surface area contributed by atoms with Gasteiger partial charge in [-0.3, -0.25) is 9.59 Å². The Morgan fingerprint density at radius 1 is 1.17 bits per heavy atom. The molecule has 0 bridgehead atoms. The van der Waals surface area contributed by atoms with Crippen LogP contribution in [0.25, 0.3) is 6.08 Å². The number of carbonyl (C=O) groups excluding carboxylic acids is 3. The van der Waals surface area contributed by atoms with Gasteiger partial charge in [0.1, 0.15) is 12.4 Å². The summed E-state index contributed by atoms with van der Waals surface area (Å²) in [5.41, 5.74) is 3.11. The van der Waals surface area contributed by atoms with Gasteiger partial charge in [0.2, 0.25) is 11.8 Å². The monoisotopic (exact) mass is 563 g/mol. The van der Waals surface area contributed by atoms with Gasteiger partial charge in [-0.25, -0.2) is 9.18 Å². The molecule has 2 aliphatic heterocycles. The molecule has 2 fully saturated rings. The molecular weight excluding hydrogens is 532 g/mol. The van der Waals surface area contributed by atoms with Gasteiger partial charge in [0.15, 0.2) is 11.6 Å². The Kier molecular flexibility index (Phi) is 8.28. The third-order valence-electron chi connectivity index (χ3n) is 8.01. The van der Waals surface area contributed by atoms with E-state index in [9.17, 15) is 28.9 Å². The highest BCUT2D eigenvalue weighted by Gasteiger charge is 2.59. The van der Waals surface area contributed by atoms with Gasteiger partial charge in [0.25, 0.3) is 0 Å². The van der Waals surface area contributed by atoms with Crippen molar-refractivity contribution in [3.63, 3.8) is 0 Å². The van der Waals surface area contributed by atoms with Crippen LogP contribution in [0.3, 0.4) is 0 Å². The molecule has 3 amide bonds. The van der Waals surface area contributed by atoms with Crippen molar-refractivity contribution in [2.24, 2.45) is 17.8 Å². The molecular formula is C30H31BFNO8. The van der Waals surface area contributed by atoms with Crippen LogP contribution < -0.4 is 4.74 Å². The van der Waals surface area contributed by atoms with Crippen LogP contribution >= 0.6 is 0 Å². The van der Waals surface area contributed by atoms with Gasteiger partial charge in [-0.1, -0.05) is 35.9 Å². The second kappa shape index (κ2) is 11.9. The number of imide groups is 3. The first kappa shape index (κ1) is 28.6. The molecule has 2 heterocycles. The predicted octanol–water partition coefficient (Wildman–Crippen LogP) is 4.36. The topological polar surface area (TPSA) is 123 Å². The van der Waals surface area contributed by atoms with E-state index in [1.165, 1.54) is 12.1 Å². The van der Waals surface area contributed by atoms with Gasteiger partial charge in [-0.2, -0.15) is 4.90 Å². The number of amides is 3. The Morgan fingerprint density at radius 2 is 1.93 bits per heavy atom. The average Bonchev–Trinajstić information content (AvgIpc) is 3.21. The minimum Gasteiger partial charge on any atom is -0.505 e. The van der Waals surface area contributed by atoms with Gasteiger partial charge in [0, 0.05) is 0 Å². The van der Waals surface area contributed by atoms with E-state index in [2.05, 4.69) is 0 Å². The number of aromatic hydroxyl groups is 1. The number of allylic oxidation sites excluding steroid dienone is 1. The summed E-state index contributed by atoms with van der Waals surface area (Å²) in [5.74, 6) is -3.87. The van der Waals surface area contributed by atoms with Crippen LogP contribution in [-0.2, 0) is 19.0 Å². The maximum absolute atomic E-state index is 13.8. The molecule has 0 aromatic heterocycles. The zero-order valence-corrected chi connectivity index (χ0v) is 22.8. The highest BCUT2D eigenvalue weighted by molar-refractivity contribution is 6.43. The SMILES string of the molecule is COC(=O)N1C(=O)[C@@H]2[C@@H](CC(COc3ccccc3)=C3[C@@H](CC/C(C)=C/c4ccc(O)c(F)c4)OB(O)C[C@@H]32)C1=O. The number of likely N-dealkylation sites (tertiary alicyclic amines) is 1. The number of methoxy groups -OCH3 is 1. The molecule has 2 aromatic rings. The maximum Gasteiger partial charge on any atom is 0.455 e. The fraction of sp³-hybridized carbons (Fsp3) is 0.367. The predicted molar refractivity (Wildman–Crippen MR) is 147 cm³/mol. The Bertz CT molecular complexity index is 1410. The Balaban J connectivity index is 1.45. The van der Waals surface area contributed by atoms with Crippen molar-refractivity contribution in [3.8, 4) is 11.5 Å². The number of halogens is 1. The first-order valence-corrected chi connectivity index (χ1v) is 13.5. The third kappa shape index (κ3) is 5.78.